The van der Waals surface area contributed by atoms with E-state index in [1.165, 1.54) is 0 Å². The van der Waals surface area contributed by atoms with Crippen molar-refractivity contribution in [3.8, 4) is 0 Å². The Morgan fingerprint density at radius 2 is 1.91 bits per heavy atom. The number of hydrogen-bond donors (Lipinski definition) is 1. The Morgan fingerprint density at radius 1 is 1.23 bits per heavy atom. The Balaban J connectivity index is 1.77. The maximum Gasteiger partial charge on any atom is 0.225 e. The Labute approximate surface area is 136 Å². The molecule has 1 aromatic rings. The molecule has 1 fully saturated rings. The first-order valence-electron chi connectivity index (χ1n) is 7.49. The van der Waals surface area contributed by atoms with E-state index in [1.807, 2.05) is 17.9 Å². The maximum atomic E-state index is 12.0. The molecule has 0 aromatic heterocycles. The predicted molar refractivity (Wildman–Crippen MR) is 88.1 cm³/mol. The van der Waals surface area contributed by atoms with Crippen LogP contribution in [0.25, 0.3) is 0 Å². The number of aryl methyl sites for hydroxylation is 1. The van der Waals surface area contributed by atoms with Crippen molar-refractivity contribution in [3.05, 3.63) is 28.8 Å². The molecule has 1 aromatic carbocycles. The first-order valence-corrected chi connectivity index (χ1v) is 7.87. The van der Waals surface area contributed by atoms with Crippen molar-refractivity contribution in [2.24, 2.45) is 0 Å². The zero-order valence-corrected chi connectivity index (χ0v) is 13.8. The molecule has 0 bridgehead atoms. The highest BCUT2D eigenvalue weighted by molar-refractivity contribution is 6.31. The molecule has 22 heavy (non-hydrogen) atoms. The van der Waals surface area contributed by atoms with Crippen LogP contribution in [0.5, 0.6) is 0 Å². The fraction of sp³-hybridized carbons (Fsp3) is 0.500. The lowest BCUT2D eigenvalue weighted by Crippen LogP contribution is -2.48. The minimum atomic E-state index is -0.0145. The number of carbonyl (C=O) groups excluding carboxylic acids is 2. The van der Waals surface area contributed by atoms with E-state index in [9.17, 15) is 9.59 Å². The van der Waals surface area contributed by atoms with Crippen LogP contribution in [0.2, 0.25) is 5.02 Å². The monoisotopic (exact) mass is 323 g/mol. The van der Waals surface area contributed by atoms with E-state index < -0.39 is 0 Å². The number of benzene rings is 1. The summed E-state index contributed by atoms with van der Waals surface area (Å²) in [4.78, 5) is 27.4. The van der Waals surface area contributed by atoms with Crippen LogP contribution in [-0.4, -0.2) is 54.3 Å². The second kappa shape index (κ2) is 7.61. The summed E-state index contributed by atoms with van der Waals surface area (Å²) in [5.41, 5.74) is 1.76. The average Bonchev–Trinajstić information content (AvgIpc) is 2.49. The Hall–Kier alpha value is -1.59. The SMILES string of the molecule is CC(=O)N1CCN(CCC(=O)Nc2cc(Cl)ccc2C)CC1. The number of anilines is 1. The highest BCUT2D eigenvalue weighted by Crippen LogP contribution is 2.20. The Morgan fingerprint density at radius 3 is 2.55 bits per heavy atom. The fourth-order valence-electron chi connectivity index (χ4n) is 2.49. The van der Waals surface area contributed by atoms with E-state index in [4.69, 9.17) is 11.6 Å². The second-order valence-electron chi connectivity index (χ2n) is 5.61. The van der Waals surface area contributed by atoms with Crippen LogP contribution >= 0.6 is 11.6 Å². The molecule has 5 nitrogen and oxygen atoms in total. The highest BCUT2D eigenvalue weighted by atomic mass is 35.5. The van der Waals surface area contributed by atoms with Crippen LogP contribution < -0.4 is 5.32 Å². The van der Waals surface area contributed by atoms with Crippen LogP contribution in [0.3, 0.4) is 0 Å². The predicted octanol–water partition coefficient (Wildman–Crippen LogP) is 2.14. The largest absolute Gasteiger partial charge is 0.340 e. The molecular weight excluding hydrogens is 302 g/mol. The molecule has 1 heterocycles. The summed E-state index contributed by atoms with van der Waals surface area (Å²) in [7, 11) is 0. The molecule has 0 unspecified atom stereocenters. The summed E-state index contributed by atoms with van der Waals surface area (Å²) in [6.07, 6.45) is 0.437. The lowest BCUT2D eigenvalue weighted by atomic mass is 10.2. The van der Waals surface area contributed by atoms with Crippen LogP contribution in [0.4, 0.5) is 5.69 Å². The van der Waals surface area contributed by atoms with Crippen LogP contribution in [0.15, 0.2) is 18.2 Å². The molecule has 1 aliphatic rings. The molecule has 2 amide bonds. The van der Waals surface area contributed by atoms with Gasteiger partial charge in [0.15, 0.2) is 0 Å². The number of nitrogens with zero attached hydrogens (tertiary/aromatic N) is 2. The average molecular weight is 324 g/mol. The Kier molecular flexibility index (Phi) is 5.80. The summed E-state index contributed by atoms with van der Waals surface area (Å²) in [6, 6.07) is 5.46. The summed E-state index contributed by atoms with van der Waals surface area (Å²) >= 11 is 5.95. The number of piperazine rings is 1. The van der Waals surface area contributed by atoms with Gasteiger partial charge in [-0.1, -0.05) is 17.7 Å². The first kappa shape index (κ1) is 16.8. The van der Waals surface area contributed by atoms with E-state index in [1.54, 1.807) is 19.1 Å². The quantitative estimate of drug-likeness (QED) is 0.923. The summed E-state index contributed by atoms with van der Waals surface area (Å²) in [5, 5.41) is 3.52. The number of hydrogen-bond acceptors (Lipinski definition) is 3. The van der Waals surface area contributed by atoms with Crippen LogP contribution in [0, 0.1) is 6.92 Å². The van der Waals surface area contributed by atoms with Gasteiger partial charge in [0.25, 0.3) is 0 Å². The summed E-state index contributed by atoms with van der Waals surface area (Å²) in [6.45, 7) is 7.36. The minimum Gasteiger partial charge on any atom is -0.340 e. The van der Waals surface area contributed by atoms with E-state index >= 15 is 0 Å². The molecule has 0 saturated carbocycles. The molecule has 0 spiro atoms. The van der Waals surface area contributed by atoms with Gasteiger partial charge in [-0.05, 0) is 24.6 Å². The van der Waals surface area contributed by atoms with Gasteiger partial charge in [-0.2, -0.15) is 0 Å². The van der Waals surface area contributed by atoms with Crippen LogP contribution in [-0.2, 0) is 9.59 Å². The molecule has 1 saturated heterocycles. The molecule has 2 rings (SSSR count). The first-order chi connectivity index (χ1) is 10.5. The number of nitrogens with one attached hydrogen (secondary N) is 1. The van der Waals surface area contributed by atoms with Gasteiger partial charge in [0.1, 0.15) is 0 Å². The van der Waals surface area contributed by atoms with Gasteiger partial charge in [0, 0.05) is 56.8 Å². The topological polar surface area (TPSA) is 52.7 Å². The zero-order valence-electron chi connectivity index (χ0n) is 13.1. The van der Waals surface area contributed by atoms with Crippen molar-refractivity contribution in [1.29, 1.82) is 0 Å². The third-order valence-electron chi connectivity index (χ3n) is 3.95. The van der Waals surface area contributed by atoms with E-state index in [0.717, 1.165) is 37.4 Å². The molecule has 1 N–H and O–H groups in total. The van der Waals surface area contributed by atoms with Crippen LogP contribution in [0.1, 0.15) is 18.9 Å². The Bertz CT molecular complexity index is 554. The molecule has 1 aliphatic heterocycles. The number of rotatable bonds is 4. The van der Waals surface area contributed by atoms with Crippen molar-refractivity contribution in [1.82, 2.24) is 9.80 Å². The lowest BCUT2D eigenvalue weighted by molar-refractivity contribution is -0.130. The van der Waals surface area contributed by atoms with Crippen molar-refractivity contribution in [2.45, 2.75) is 20.3 Å². The van der Waals surface area contributed by atoms with E-state index in [2.05, 4.69) is 10.2 Å². The van der Waals surface area contributed by atoms with Crippen molar-refractivity contribution in [3.63, 3.8) is 0 Å². The van der Waals surface area contributed by atoms with Gasteiger partial charge < -0.3 is 10.2 Å². The minimum absolute atomic E-state index is 0.0145. The number of halogens is 1. The molecule has 120 valence electrons. The highest BCUT2D eigenvalue weighted by Gasteiger charge is 2.18. The summed E-state index contributed by atoms with van der Waals surface area (Å²) < 4.78 is 0. The molecular formula is C16H22ClN3O2. The smallest absolute Gasteiger partial charge is 0.225 e. The molecule has 0 radical (unpaired) electrons. The van der Waals surface area contributed by atoms with E-state index in [-0.39, 0.29) is 11.8 Å². The third-order valence-corrected chi connectivity index (χ3v) is 4.18. The number of amides is 2. The van der Waals surface area contributed by atoms with Crippen molar-refractivity contribution in [2.75, 3.05) is 38.0 Å². The summed E-state index contributed by atoms with van der Waals surface area (Å²) in [5.74, 6) is 0.105. The van der Waals surface area contributed by atoms with Gasteiger partial charge >= 0.3 is 0 Å². The standard InChI is InChI=1S/C16H22ClN3O2/c1-12-3-4-14(17)11-15(12)18-16(22)5-6-19-7-9-20(10-8-19)13(2)21/h3-4,11H,5-10H2,1-2H3,(H,18,22). The second-order valence-corrected chi connectivity index (χ2v) is 6.04. The molecule has 6 heteroatoms. The van der Waals surface area contributed by atoms with Crippen molar-refractivity contribution >= 4 is 29.1 Å². The normalized spacial score (nSPS) is 15.7. The fourth-order valence-corrected chi connectivity index (χ4v) is 2.66. The molecule has 0 atom stereocenters. The van der Waals surface area contributed by atoms with E-state index in [0.29, 0.717) is 18.0 Å². The van der Waals surface area contributed by atoms with Gasteiger partial charge in [-0.25, -0.2) is 0 Å². The van der Waals surface area contributed by atoms with Gasteiger partial charge in [-0.15, -0.1) is 0 Å². The van der Waals surface area contributed by atoms with Gasteiger partial charge in [0.2, 0.25) is 11.8 Å². The van der Waals surface area contributed by atoms with Gasteiger partial charge in [-0.3, -0.25) is 14.5 Å². The molecule has 0 aliphatic carbocycles. The number of carbonyl (C=O) groups is 2. The van der Waals surface area contributed by atoms with Gasteiger partial charge in [0.05, 0.1) is 0 Å². The lowest BCUT2D eigenvalue weighted by Gasteiger charge is -2.34. The maximum absolute atomic E-state index is 12.0. The third kappa shape index (κ3) is 4.71. The van der Waals surface area contributed by atoms with Crippen molar-refractivity contribution < 1.29 is 9.59 Å². The zero-order chi connectivity index (χ0) is 16.1.